The second kappa shape index (κ2) is 14.3. The number of carbonyl (C=O) groups excluding carboxylic acids is 2. The van der Waals surface area contributed by atoms with E-state index in [4.69, 9.17) is 0 Å². The number of imide groups is 1. The first kappa shape index (κ1) is 25.5. The summed E-state index contributed by atoms with van der Waals surface area (Å²) in [6.45, 7) is 5.70. The van der Waals surface area contributed by atoms with E-state index in [1.54, 1.807) is 11.9 Å². The zero-order valence-electron chi connectivity index (χ0n) is 20.1. The number of fused-ring (bicyclic) bond motifs is 1. The van der Waals surface area contributed by atoms with Crippen molar-refractivity contribution in [1.82, 2.24) is 20.4 Å². The molecule has 2 aliphatic heterocycles. The molecule has 0 spiro atoms. The van der Waals surface area contributed by atoms with Gasteiger partial charge >= 0.3 is 6.03 Å². The number of aliphatic imine (C=N–C) groups is 1. The molecule has 31 heavy (non-hydrogen) atoms. The first-order valence-electron chi connectivity index (χ1n) is 12.8. The van der Waals surface area contributed by atoms with Gasteiger partial charge in [0.25, 0.3) is 5.91 Å². The summed E-state index contributed by atoms with van der Waals surface area (Å²) in [6, 6.07) is -0.747. The molecule has 7 nitrogen and oxygen atoms in total. The second-order valence-corrected chi connectivity index (χ2v) is 9.03. The SMILES string of the molecule is CCCCCCCCCCCCCCCCN1C(=NCC)NC2C1C(=O)NC(=O)N2C. The van der Waals surface area contributed by atoms with Crippen molar-refractivity contribution in [2.75, 3.05) is 20.1 Å². The summed E-state index contributed by atoms with van der Waals surface area (Å²) in [6.07, 6.45) is 18.3. The summed E-state index contributed by atoms with van der Waals surface area (Å²) in [7, 11) is 1.71. The summed E-state index contributed by atoms with van der Waals surface area (Å²) in [5.74, 6) is 0.510. The Morgan fingerprint density at radius 2 is 1.32 bits per heavy atom. The number of urea groups is 1. The molecule has 0 aromatic heterocycles. The van der Waals surface area contributed by atoms with E-state index in [0.717, 1.165) is 18.9 Å². The van der Waals surface area contributed by atoms with E-state index in [9.17, 15) is 9.59 Å². The summed E-state index contributed by atoms with van der Waals surface area (Å²) in [4.78, 5) is 32.5. The van der Waals surface area contributed by atoms with E-state index in [1.165, 1.54) is 83.5 Å². The maximum Gasteiger partial charge on any atom is 0.325 e. The quantitative estimate of drug-likeness (QED) is 0.347. The molecule has 7 heteroatoms. The molecule has 3 amide bonds. The highest BCUT2D eigenvalue weighted by molar-refractivity contribution is 6.04. The molecule has 2 unspecified atom stereocenters. The molecule has 0 saturated carbocycles. The van der Waals surface area contributed by atoms with Crippen LogP contribution in [0, 0.1) is 0 Å². The van der Waals surface area contributed by atoms with Crippen LogP contribution in [0.15, 0.2) is 4.99 Å². The molecule has 0 bridgehead atoms. The fourth-order valence-electron chi connectivity index (χ4n) is 4.59. The molecular formula is C24H45N5O2. The topological polar surface area (TPSA) is 77.0 Å². The van der Waals surface area contributed by atoms with Crippen LogP contribution in [-0.2, 0) is 4.79 Å². The van der Waals surface area contributed by atoms with Crippen LogP contribution >= 0.6 is 0 Å². The van der Waals surface area contributed by atoms with Crippen molar-refractivity contribution >= 4 is 17.9 Å². The van der Waals surface area contributed by atoms with Crippen molar-refractivity contribution in [3.8, 4) is 0 Å². The van der Waals surface area contributed by atoms with Crippen LogP contribution in [0.25, 0.3) is 0 Å². The number of nitrogens with one attached hydrogen (secondary N) is 2. The number of unbranched alkanes of at least 4 members (excludes halogenated alkanes) is 13. The zero-order chi connectivity index (χ0) is 22.5. The molecule has 178 valence electrons. The lowest BCUT2D eigenvalue weighted by Crippen LogP contribution is -2.64. The molecule has 2 N–H and O–H groups in total. The molecule has 0 radical (unpaired) electrons. The molecule has 2 fully saturated rings. The van der Waals surface area contributed by atoms with Gasteiger partial charge in [0.15, 0.2) is 12.0 Å². The van der Waals surface area contributed by atoms with Gasteiger partial charge in [0.05, 0.1) is 0 Å². The first-order valence-corrected chi connectivity index (χ1v) is 12.8. The number of guanidine groups is 1. The largest absolute Gasteiger partial charge is 0.334 e. The highest BCUT2D eigenvalue weighted by Crippen LogP contribution is 2.21. The Morgan fingerprint density at radius 1 is 0.806 bits per heavy atom. The summed E-state index contributed by atoms with van der Waals surface area (Å²) in [5.41, 5.74) is 0. The number of likely N-dealkylation sites (N-methyl/N-ethyl adjacent to an activating group) is 1. The summed E-state index contributed by atoms with van der Waals surface area (Å²) >= 11 is 0. The number of rotatable bonds is 16. The molecule has 2 aliphatic rings. The summed E-state index contributed by atoms with van der Waals surface area (Å²) < 4.78 is 0. The van der Waals surface area contributed by atoms with Crippen LogP contribution in [0.5, 0.6) is 0 Å². The minimum atomic E-state index is -0.394. The molecule has 0 aromatic rings. The Morgan fingerprint density at radius 3 is 1.84 bits per heavy atom. The number of nitrogens with zero attached hydrogens (tertiary/aromatic N) is 3. The van der Waals surface area contributed by atoms with Gasteiger partial charge in [-0.05, 0) is 13.3 Å². The van der Waals surface area contributed by atoms with E-state index >= 15 is 0 Å². The highest BCUT2D eigenvalue weighted by atomic mass is 16.2. The average molecular weight is 436 g/mol. The van der Waals surface area contributed by atoms with Gasteiger partial charge in [-0.3, -0.25) is 15.1 Å². The number of hydrogen-bond donors (Lipinski definition) is 2. The maximum atomic E-state index is 12.4. The molecule has 0 aromatic carbocycles. The van der Waals surface area contributed by atoms with Gasteiger partial charge in [0.1, 0.15) is 6.17 Å². The molecule has 2 rings (SSSR count). The van der Waals surface area contributed by atoms with Crippen LogP contribution in [0.2, 0.25) is 0 Å². The minimum absolute atomic E-state index is 0.229. The standard InChI is InChI=1S/C24H45N5O2/c1-4-6-7-8-9-10-11-12-13-14-15-16-17-18-19-29-20-21(26-23(29)25-5-2)28(3)24(31)27-22(20)30/h20-21H,4-19H2,1-3H3,(H,25,26)(H,27,30,31). The van der Waals surface area contributed by atoms with Crippen LogP contribution < -0.4 is 10.6 Å². The van der Waals surface area contributed by atoms with Gasteiger partial charge in [-0.15, -0.1) is 0 Å². The van der Waals surface area contributed by atoms with Crippen molar-refractivity contribution in [3.05, 3.63) is 0 Å². The lowest BCUT2D eigenvalue weighted by molar-refractivity contribution is -0.127. The zero-order valence-corrected chi connectivity index (χ0v) is 20.1. The van der Waals surface area contributed by atoms with Gasteiger partial charge in [0.2, 0.25) is 0 Å². The van der Waals surface area contributed by atoms with Gasteiger partial charge in [0, 0.05) is 20.1 Å². The van der Waals surface area contributed by atoms with E-state index in [1.807, 2.05) is 11.8 Å². The Labute approximate surface area is 189 Å². The number of amides is 3. The summed E-state index contributed by atoms with van der Waals surface area (Å²) in [5, 5.41) is 5.73. The van der Waals surface area contributed by atoms with Crippen molar-refractivity contribution in [3.63, 3.8) is 0 Å². The predicted molar refractivity (Wildman–Crippen MR) is 127 cm³/mol. The smallest absolute Gasteiger partial charge is 0.325 e. The minimum Gasteiger partial charge on any atom is -0.334 e. The third-order valence-corrected chi connectivity index (χ3v) is 6.48. The lowest BCUT2D eigenvalue weighted by Gasteiger charge is -2.35. The van der Waals surface area contributed by atoms with Crippen LogP contribution in [0.4, 0.5) is 4.79 Å². The third-order valence-electron chi connectivity index (χ3n) is 6.48. The van der Waals surface area contributed by atoms with Crippen molar-refractivity contribution < 1.29 is 9.59 Å². The lowest BCUT2D eigenvalue weighted by atomic mass is 10.0. The normalized spacial score (nSPS) is 22.1. The Bertz CT molecular complexity index is 580. The van der Waals surface area contributed by atoms with Crippen molar-refractivity contribution in [2.24, 2.45) is 4.99 Å². The fraction of sp³-hybridized carbons (Fsp3) is 0.875. The second-order valence-electron chi connectivity index (χ2n) is 9.03. The van der Waals surface area contributed by atoms with E-state index in [0.29, 0.717) is 6.54 Å². The molecule has 2 heterocycles. The Balaban J connectivity index is 1.57. The predicted octanol–water partition coefficient (Wildman–Crippen LogP) is 4.63. The highest BCUT2D eigenvalue weighted by Gasteiger charge is 2.49. The van der Waals surface area contributed by atoms with Crippen molar-refractivity contribution in [2.45, 2.75) is 116 Å². The van der Waals surface area contributed by atoms with E-state index < -0.39 is 6.04 Å². The molecule has 2 saturated heterocycles. The van der Waals surface area contributed by atoms with Crippen LogP contribution in [0.1, 0.15) is 104 Å². The molecule has 2 atom stereocenters. The maximum absolute atomic E-state index is 12.4. The molecular weight excluding hydrogens is 390 g/mol. The van der Waals surface area contributed by atoms with Crippen LogP contribution in [0.3, 0.4) is 0 Å². The van der Waals surface area contributed by atoms with Gasteiger partial charge in [-0.2, -0.15) is 0 Å². The average Bonchev–Trinajstić information content (AvgIpc) is 3.11. The molecule has 0 aliphatic carbocycles. The van der Waals surface area contributed by atoms with Gasteiger partial charge < -0.3 is 15.1 Å². The Hall–Kier alpha value is -1.79. The first-order chi connectivity index (χ1) is 15.1. The number of carbonyl (C=O) groups is 2. The van der Waals surface area contributed by atoms with Gasteiger partial charge in [-0.25, -0.2) is 4.79 Å². The van der Waals surface area contributed by atoms with Crippen molar-refractivity contribution in [1.29, 1.82) is 0 Å². The number of hydrogen-bond acceptors (Lipinski definition) is 3. The monoisotopic (exact) mass is 435 g/mol. The third kappa shape index (κ3) is 8.00. The fourth-order valence-corrected chi connectivity index (χ4v) is 4.59. The van der Waals surface area contributed by atoms with E-state index in [2.05, 4.69) is 22.5 Å². The van der Waals surface area contributed by atoms with Gasteiger partial charge in [-0.1, -0.05) is 90.4 Å². The Kier molecular flexibility index (Phi) is 11.8. The van der Waals surface area contributed by atoms with Crippen LogP contribution in [-0.4, -0.2) is 60.0 Å². The van der Waals surface area contributed by atoms with E-state index in [-0.39, 0.29) is 18.1 Å².